The van der Waals surface area contributed by atoms with Gasteiger partial charge < -0.3 is 10.4 Å². The van der Waals surface area contributed by atoms with Gasteiger partial charge in [0, 0.05) is 18.3 Å². The van der Waals surface area contributed by atoms with E-state index in [2.05, 4.69) is 10.3 Å². The van der Waals surface area contributed by atoms with Crippen molar-refractivity contribution < 1.29 is 9.90 Å². The van der Waals surface area contributed by atoms with E-state index in [0.29, 0.717) is 12.8 Å². The van der Waals surface area contributed by atoms with E-state index in [1.165, 1.54) is 0 Å². The number of halogens is 2. The third-order valence-electron chi connectivity index (χ3n) is 2.86. The Morgan fingerprint density at radius 1 is 1.47 bits per heavy atom. The standard InChI is InChI=1S/C11H14N2O2.2ClH/c14-10(15)11(5-3-7-13-11)8-9-4-1-2-6-12-9;;/h1-2,4,6,13H,3,5,7-8H2,(H,14,15);2*1H/t11-;;/m0../s1. The zero-order valence-electron chi connectivity index (χ0n) is 9.26. The highest BCUT2D eigenvalue weighted by Gasteiger charge is 2.41. The number of nitrogens with zero attached hydrogens (tertiary/aromatic N) is 1. The van der Waals surface area contributed by atoms with Crippen LogP contribution in [-0.4, -0.2) is 28.1 Å². The van der Waals surface area contributed by atoms with Gasteiger partial charge in [0.25, 0.3) is 0 Å². The third kappa shape index (κ3) is 3.56. The number of hydrogen-bond donors (Lipinski definition) is 2. The highest BCUT2D eigenvalue weighted by molar-refractivity contribution is 5.85. The lowest BCUT2D eigenvalue weighted by atomic mass is 9.91. The molecule has 1 aromatic rings. The average Bonchev–Trinajstić information content (AvgIpc) is 2.69. The summed E-state index contributed by atoms with van der Waals surface area (Å²) >= 11 is 0. The van der Waals surface area contributed by atoms with Crippen LogP contribution in [-0.2, 0) is 11.2 Å². The number of aliphatic carboxylic acids is 1. The minimum Gasteiger partial charge on any atom is -0.480 e. The van der Waals surface area contributed by atoms with Gasteiger partial charge in [0.1, 0.15) is 5.54 Å². The Morgan fingerprint density at radius 3 is 2.71 bits per heavy atom. The molecule has 4 nitrogen and oxygen atoms in total. The van der Waals surface area contributed by atoms with E-state index in [9.17, 15) is 9.90 Å². The van der Waals surface area contributed by atoms with Crippen LogP contribution in [0.25, 0.3) is 0 Å². The SMILES string of the molecule is Cl.Cl.O=C(O)[C@@]1(Cc2ccccn2)CCCN1. The van der Waals surface area contributed by atoms with Crippen LogP contribution in [0.2, 0.25) is 0 Å². The van der Waals surface area contributed by atoms with Gasteiger partial charge in [-0.2, -0.15) is 0 Å². The fraction of sp³-hybridized carbons (Fsp3) is 0.455. The summed E-state index contributed by atoms with van der Waals surface area (Å²) in [7, 11) is 0. The van der Waals surface area contributed by atoms with Crippen molar-refractivity contribution in [1.29, 1.82) is 0 Å². The zero-order valence-corrected chi connectivity index (χ0v) is 10.9. The van der Waals surface area contributed by atoms with Crippen LogP contribution in [0.3, 0.4) is 0 Å². The molecule has 0 bridgehead atoms. The summed E-state index contributed by atoms with van der Waals surface area (Å²) in [4.78, 5) is 15.4. The Morgan fingerprint density at radius 2 is 2.24 bits per heavy atom. The second-order valence-electron chi connectivity index (χ2n) is 3.92. The van der Waals surface area contributed by atoms with Crippen LogP contribution in [0, 0.1) is 0 Å². The molecule has 0 spiro atoms. The molecular weight excluding hydrogens is 263 g/mol. The lowest BCUT2D eigenvalue weighted by molar-refractivity contribution is -0.144. The molecule has 0 aliphatic carbocycles. The molecule has 0 saturated carbocycles. The summed E-state index contributed by atoms with van der Waals surface area (Å²) in [5.74, 6) is -0.773. The van der Waals surface area contributed by atoms with Crippen LogP contribution >= 0.6 is 24.8 Å². The molecule has 0 radical (unpaired) electrons. The van der Waals surface area contributed by atoms with Gasteiger partial charge >= 0.3 is 5.97 Å². The van der Waals surface area contributed by atoms with Crippen molar-refractivity contribution in [3.05, 3.63) is 30.1 Å². The Labute approximate surface area is 113 Å². The number of pyridine rings is 1. The Bertz CT molecular complexity index is 354. The quantitative estimate of drug-likeness (QED) is 0.883. The van der Waals surface area contributed by atoms with Crippen molar-refractivity contribution >= 4 is 30.8 Å². The molecule has 1 saturated heterocycles. The normalized spacial score (nSPS) is 22.4. The minimum atomic E-state index is -0.797. The van der Waals surface area contributed by atoms with Crippen LogP contribution in [0.1, 0.15) is 18.5 Å². The molecule has 1 aliphatic rings. The van der Waals surface area contributed by atoms with Crippen LogP contribution in [0.4, 0.5) is 0 Å². The number of carboxylic acids is 1. The smallest absolute Gasteiger partial charge is 0.324 e. The second kappa shape index (κ2) is 6.79. The number of hydrogen-bond acceptors (Lipinski definition) is 3. The van der Waals surface area contributed by atoms with Crippen LogP contribution < -0.4 is 5.32 Å². The van der Waals surface area contributed by atoms with Crippen LogP contribution in [0.5, 0.6) is 0 Å². The topological polar surface area (TPSA) is 62.2 Å². The molecule has 2 N–H and O–H groups in total. The first-order valence-electron chi connectivity index (χ1n) is 5.11. The Hall–Kier alpha value is -0.840. The molecular formula is C11H16Cl2N2O2. The molecule has 0 aromatic carbocycles. The Kier molecular flexibility index (Phi) is 6.45. The molecule has 96 valence electrons. The van der Waals surface area contributed by atoms with E-state index in [4.69, 9.17) is 0 Å². The molecule has 2 heterocycles. The fourth-order valence-electron chi connectivity index (χ4n) is 2.03. The molecule has 6 heteroatoms. The predicted molar refractivity (Wildman–Crippen MR) is 70.0 cm³/mol. The summed E-state index contributed by atoms with van der Waals surface area (Å²) in [6.45, 7) is 0.777. The van der Waals surface area contributed by atoms with Gasteiger partial charge in [-0.25, -0.2) is 0 Å². The van der Waals surface area contributed by atoms with Crippen molar-refractivity contribution in [3.8, 4) is 0 Å². The lowest BCUT2D eigenvalue weighted by Gasteiger charge is -2.23. The summed E-state index contributed by atoms with van der Waals surface area (Å²) in [5.41, 5.74) is 0.0308. The number of nitrogens with one attached hydrogen (secondary N) is 1. The second-order valence-corrected chi connectivity index (χ2v) is 3.92. The van der Waals surface area contributed by atoms with Gasteiger partial charge in [0.2, 0.25) is 0 Å². The van der Waals surface area contributed by atoms with E-state index in [0.717, 1.165) is 18.7 Å². The molecule has 1 fully saturated rings. The van der Waals surface area contributed by atoms with Gasteiger partial charge in [0.15, 0.2) is 0 Å². The van der Waals surface area contributed by atoms with E-state index in [1.807, 2.05) is 18.2 Å². The zero-order chi connectivity index (χ0) is 10.7. The van der Waals surface area contributed by atoms with Crippen LogP contribution in [0.15, 0.2) is 24.4 Å². The number of rotatable bonds is 3. The molecule has 2 rings (SSSR count). The third-order valence-corrected chi connectivity index (χ3v) is 2.86. The molecule has 0 amide bonds. The van der Waals surface area contributed by atoms with Gasteiger partial charge in [-0.15, -0.1) is 24.8 Å². The number of aromatic nitrogens is 1. The predicted octanol–water partition coefficient (Wildman–Crippen LogP) is 1.67. The minimum absolute atomic E-state index is 0. The monoisotopic (exact) mass is 278 g/mol. The first kappa shape index (κ1) is 16.2. The molecule has 17 heavy (non-hydrogen) atoms. The van der Waals surface area contributed by atoms with E-state index in [1.54, 1.807) is 6.20 Å². The Balaban J connectivity index is 0.00000128. The van der Waals surface area contributed by atoms with E-state index >= 15 is 0 Å². The largest absolute Gasteiger partial charge is 0.480 e. The summed E-state index contributed by atoms with van der Waals surface area (Å²) < 4.78 is 0. The summed E-state index contributed by atoms with van der Waals surface area (Å²) in [6, 6.07) is 5.58. The summed E-state index contributed by atoms with van der Waals surface area (Å²) in [6.07, 6.45) is 3.75. The molecule has 1 aromatic heterocycles. The maximum Gasteiger partial charge on any atom is 0.324 e. The van der Waals surface area contributed by atoms with Crippen molar-refractivity contribution in [1.82, 2.24) is 10.3 Å². The van der Waals surface area contributed by atoms with Crippen molar-refractivity contribution in [3.63, 3.8) is 0 Å². The number of carbonyl (C=O) groups is 1. The molecule has 1 aliphatic heterocycles. The highest BCUT2D eigenvalue weighted by Crippen LogP contribution is 2.23. The van der Waals surface area contributed by atoms with Gasteiger partial charge in [0.05, 0.1) is 0 Å². The molecule has 1 atom stereocenters. The van der Waals surface area contributed by atoms with E-state index < -0.39 is 11.5 Å². The van der Waals surface area contributed by atoms with Crippen molar-refractivity contribution in [2.75, 3.05) is 6.54 Å². The fourth-order valence-corrected chi connectivity index (χ4v) is 2.03. The van der Waals surface area contributed by atoms with Gasteiger partial charge in [-0.05, 0) is 31.5 Å². The van der Waals surface area contributed by atoms with Gasteiger partial charge in [-0.3, -0.25) is 9.78 Å². The average molecular weight is 279 g/mol. The van der Waals surface area contributed by atoms with E-state index in [-0.39, 0.29) is 24.8 Å². The number of carboxylic acid groups (broad SMARTS) is 1. The first-order chi connectivity index (χ1) is 7.23. The van der Waals surface area contributed by atoms with Gasteiger partial charge in [-0.1, -0.05) is 6.07 Å². The maximum absolute atomic E-state index is 11.2. The highest BCUT2D eigenvalue weighted by atomic mass is 35.5. The van der Waals surface area contributed by atoms with Crippen molar-refractivity contribution in [2.45, 2.75) is 24.8 Å². The summed E-state index contributed by atoms with van der Waals surface area (Å²) in [5, 5.41) is 12.3. The van der Waals surface area contributed by atoms with Crippen molar-refractivity contribution in [2.24, 2.45) is 0 Å². The maximum atomic E-state index is 11.2. The molecule has 0 unspecified atom stereocenters. The first-order valence-corrected chi connectivity index (χ1v) is 5.11. The lowest BCUT2D eigenvalue weighted by Crippen LogP contribution is -2.49.